The van der Waals surface area contributed by atoms with Crippen LogP contribution in [0, 0.1) is 0 Å². The number of carbonyl (C=O) groups is 3. The Bertz CT molecular complexity index is 875. The van der Waals surface area contributed by atoms with Crippen LogP contribution >= 0.6 is 7.82 Å². The Labute approximate surface area is 304 Å². The maximum absolute atomic E-state index is 12.5. The molecule has 0 heterocycles. The van der Waals surface area contributed by atoms with E-state index in [0.717, 1.165) is 51.4 Å². The van der Waals surface area contributed by atoms with Crippen molar-refractivity contribution in [2.45, 2.75) is 206 Å². The molecule has 0 amide bonds. The average Bonchev–Trinajstić information content (AvgIpc) is 3.09. The third-order valence-electron chi connectivity index (χ3n) is 8.86. The van der Waals surface area contributed by atoms with Gasteiger partial charge in [-0.05, 0) is 12.8 Å². The third-order valence-corrected chi connectivity index (χ3v) is 9.81. The Morgan fingerprint density at radius 2 is 0.880 bits per heavy atom. The highest BCUT2D eigenvalue weighted by atomic mass is 31.2. The fourth-order valence-corrected chi connectivity index (χ4v) is 6.43. The molecule has 0 aromatic carbocycles. The second-order valence-electron chi connectivity index (χ2n) is 13.8. The van der Waals surface area contributed by atoms with Gasteiger partial charge in [-0.3, -0.25) is 23.4 Å². The first-order chi connectivity index (χ1) is 24.1. The molecule has 0 fully saturated rings. The number of carboxylic acid groups (broad SMARTS) is 1. The predicted molar refractivity (Wildman–Crippen MR) is 199 cm³/mol. The summed E-state index contributed by atoms with van der Waals surface area (Å²) in [7, 11) is -4.70. The summed E-state index contributed by atoms with van der Waals surface area (Å²) < 4.78 is 32.4. The summed E-state index contributed by atoms with van der Waals surface area (Å²) in [5.74, 6) is -2.37. The molecule has 12 heteroatoms. The van der Waals surface area contributed by atoms with E-state index in [4.69, 9.17) is 24.8 Å². The van der Waals surface area contributed by atoms with Gasteiger partial charge in [-0.2, -0.15) is 0 Å². The van der Waals surface area contributed by atoms with Gasteiger partial charge in [0.15, 0.2) is 6.10 Å². The summed E-state index contributed by atoms with van der Waals surface area (Å²) >= 11 is 0. The molecule has 4 N–H and O–H groups in total. The molecule has 11 nitrogen and oxygen atoms in total. The zero-order chi connectivity index (χ0) is 37.1. The Kier molecular flexibility index (Phi) is 33.5. The Hall–Kier alpha value is -1.52. The minimum Gasteiger partial charge on any atom is -0.480 e. The van der Waals surface area contributed by atoms with E-state index in [9.17, 15) is 23.8 Å². The Morgan fingerprint density at radius 3 is 1.26 bits per heavy atom. The lowest BCUT2D eigenvalue weighted by Crippen LogP contribution is -2.34. The number of hydrogen-bond acceptors (Lipinski definition) is 9. The number of unbranched alkanes of at least 4 members (excludes halogenated alkanes) is 24. The number of aliphatic carboxylic acids is 1. The zero-order valence-electron chi connectivity index (χ0n) is 31.8. The van der Waals surface area contributed by atoms with Crippen molar-refractivity contribution in [3.63, 3.8) is 0 Å². The van der Waals surface area contributed by atoms with E-state index in [2.05, 4.69) is 18.4 Å². The molecule has 0 aromatic heterocycles. The molecule has 0 aromatic rings. The molecular formula is C38H74NO10P. The van der Waals surface area contributed by atoms with Crippen LogP contribution < -0.4 is 5.73 Å². The van der Waals surface area contributed by atoms with Crippen molar-refractivity contribution in [2.24, 2.45) is 5.73 Å². The van der Waals surface area contributed by atoms with Crippen molar-refractivity contribution in [3.8, 4) is 0 Å². The minimum absolute atomic E-state index is 0.169. The van der Waals surface area contributed by atoms with E-state index in [0.29, 0.717) is 12.8 Å². The summed E-state index contributed by atoms with van der Waals surface area (Å²) in [5.41, 5.74) is 5.31. The first kappa shape index (κ1) is 48.5. The van der Waals surface area contributed by atoms with Crippen molar-refractivity contribution < 1.29 is 47.5 Å². The number of phosphoric acid groups is 1. The maximum atomic E-state index is 12.5. The molecule has 0 aliphatic carbocycles. The fourth-order valence-electron chi connectivity index (χ4n) is 5.65. The first-order valence-corrected chi connectivity index (χ1v) is 21.6. The monoisotopic (exact) mass is 736 g/mol. The van der Waals surface area contributed by atoms with Crippen LogP contribution in [0.5, 0.6) is 0 Å². The Morgan fingerprint density at radius 1 is 0.540 bits per heavy atom. The second kappa shape index (κ2) is 34.6. The van der Waals surface area contributed by atoms with E-state index in [1.807, 2.05) is 0 Å². The summed E-state index contributed by atoms with van der Waals surface area (Å²) in [6.45, 7) is 2.74. The van der Waals surface area contributed by atoms with Crippen molar-refractivity contribution in [3.05, 3.63) is 0 Å². The van der Waals surface area contributed by atoms with Gasteiger partial charge in [-0.15, -0.1) is 0 Å². The molecule has 296 valence electrons. The number of esters is 2. The fraction of sp³-hybridized carbons (Fsp3) is 0.921. The van der Waals surface area contributed by atoms with Crippen LogP contribution in [-0.2, 0) is 37.5 Å². The van der Waals surface area contributed by atoms with Crippen LogP contribution in [0.2, 0.25) is 0 Å². The van der Waals surface area contributed by atoms with Gasteiger partial charge < -0.3 is 25.2 Å². The minimum atomic E-state index is -4.70. The molecule has 0 saturated carbocycles. The molecule has 0 aliphatic rings. The van der Waals surface area contributed by atoms with Crippen molar-refractivity contribution in [2.75, 3.05) is 19.8 Å². The van der Waals surface area contributed by atoms with E-state index < -0.39 is 51.1 Å². The highest BCUT2D eigenvalue weighted by Crippen LogP contribution is 2.43. The second-order valence-corrected chi connectivity index (χ2v) is 15.2. The number of carboxylic acids is 1. The van der Waals surface area contributed by atoms with Crippen molar-refractivity contribution in [1.82, 2.24) is 0 Å². The molecule has 50 heavy (non-hydrogen) atoms. The third kappa shape index (κ3) is 33.6. The molecule has 0 aliphatic heterocycles. The Balaban J connectivity index is 4.17. The number of carbonyl (C=O) groups excluding carboxylic acids is 2. The quantitative estimate of drug-likeness (QED) is 0.0313. The molecule has 0 spiro atoms. The van der Waals surface area contributed by atoms with E-state index in [-0.39, 0.29) is 19.4 Å². The maximum Gasteiger partial charge on any atom is 0.472 e. The molecule has 0 rings (SSSR count). The van der Waals surface area contributed by atoms with Gasteiger partial charge in [-0.1, -0.05) is 168 Å². The highest BCUT2D eigenvalue weighted by Gasteiger charge is 2.28. The van der Waals surface area contributed by atoms with Crippen molar-refractivity contribution in [1.29, 1.82) is 0 Å². The number of nitrogens with two attached hydrogens (primary N) is 1. The van der Waals surface area contributed by atoms with Gasteiger partial charge in [0.1, 0.15) is 12.6 Å². The summed E-state index contributed by atoms with van der Waals surface area (Å²) in [5, 5.41) is 8.84. The van der Waals surface area contributed by atoms with Crippen LogP contribution in [0.3, 0.4) is 0 Å². The molecular weight excluding hydrogens is 661 g/mol. The van der Waals surface area contributed by atoms with Gasteiger partial charge >= 0.3 is 25.7 Å². The zero-order valence-corrected chi connectivity index (χ0v) is 32.7. The standard InChI is InChI=1S/C38H74NO10P/c1-3-5-7-9-11-12-13-14-15-16-17-18-19-20-21-22-23-24-26-28-30-37(41)49-34(31-46-36(40)29-27-25-10-8-6-4-2)32-47-50(44,45)48-33-35(39)38(42)43/h34-35H,3-33,39H2,1-2H3,(H,42,43)(H,44,45). The highest BCUT2D eigenvalue weighted by molar-refractivity contribution is 7.47. The molecule has 3 unspecified atom stereocenters. The lowest BCUT2D eigenvalue weighted by atomic mass is 10.0. The van der Waals surface area contributed by atoms with Gasteiger partial charge in [0.2, 0.25) is 0 Å². The van der Waals surface area contributed by atoms with Gasteiger partial charge in [-0.25, -0.2) is 4.57 Å². The van der Waals surface area contributed by atoms with Crippen LogP contribution in [0.1, 0.15) is 194 Å². The predicted octanol–water partition coefficient (Wildman–Crippen LogP) is 9.95. The number of hydrogen-bond donors (Lipinski definition) is 3. The number of rotatable bonds is 38. The van der Waals surface area contributed by atoms with Gasteiger partial charge in [0.05, 0.1) is 13.2 Å². The lowest BCUT2D eigenvalue weighted by Gasteiger charge is -2.20. The van der Waals surface area contributed by atoms with Crippen molar-refractivity contribution >= 4 is 25.7 Å². The van der Waals surface area contributed by atoms with Crippen LogP contribution in [-0.4, -0.2) is 59.9 Å². The van der Waals surface area contributed by atoms with Crippen LogP contribution in [0.25, 0.3) is 0 Å². The SMILES string of the molecule is CCCCCCCCCCCCCCCCCCCCCCC(=O)OC(COC(=O)CCCCCCCC)COP(=O)(O)OCC(N)C(=O)O. The molecule has 0 saturated heterocycles. The summed E-state index contributed by atoms with van der Waals surface area (Å²) in [6.07, 6.45) is 30.7. The summed E-state index contributed by atoms with van der Waals surface area (Å²) in [4.78, 5) is 45.5. The van der Waals surface area contributed by atoms with Gasteiger partial charge in [0, 0.05) is 12.8 Å². The average molecular weight is 736 g/mol. The largest absolute Gasteiger partial charge is 0.480 e. The topological polar surface area (TPSA) is 172 Å². The normalized spacial score (nSPS) is 13.8. The molecule has 0 radical (unpaired) electrons. The van der Waals surface area contributed by atoms with E-state index >= 15 is 0 Å². The number of ether oxygens (including phenoxy) is 2. The first-order valence-electron chi connectivity index (χ1n) is 20.1. The van der Waals surface area contributed by atoms with E-state index in [1.54, 1.807) is 0 Å². The van der Waals surface area contributed by atoms with Crippen LogP contribution in [0.4, 0.5) is 0 Å². The lowest BCUT2D eigenvalue weighted by molar-refractivity contribution is -0.161. The summed E-state index contributed by atoms with van der Waals surface area (Å²) in [6, 6.07) is -1.51. The van der Waals surface area contributed by atoms with Crippen LogP contribution in [0.15, 0.2) is 0 Å². The molecule has 0 bridgehead atoms. The van der Waals surface area contributed by atoms with Gasteiger partial charge in [0.25, 0.3) is 0 Å². The number of phosphoric ester groups is 1. The smallest absolute Gasteiger partial charge is 0.472 e. The van der Waals surface area contributed by atoms with E-state index in [1.165, 1.54) is 103 Å². The molecule has 3 atom stereocenters.